The summed E-state index contributed by atoms with van der Waals surface area (Å²) in [6.45, 7) is 6.60. The topological polar surface area (TPSA) is 77.5 Å². The van der Waals surface area contributed by atoms with Gasteiger partial charge in [0.1, 0.15) is 5.75 Å². The van der Waals surface area contributed by atoms with Gasteiger partial charge < -0.3 is 20.6 Å². The van der Waals surface area contributed by atoms with E-state index in [9.17, 15) is 9.90 Å². The van der Waals surface area contributed by atoms with Crippen molar-refractivity contribution >= 4 is 22.4 Å². The number of benzene rings is 1. The lowest BCUT2D eigenvalue weighted by Gasteiger charge is -2.52. The molecule has 0 radical (unpaired) electrons. The SMILES string of the molecule is Cc1cnc(NC(=O)CCC2CC(NCCN(C)C)C3(C)CCC4c5ccc(O)cc5CCC4C23)s1. The monoisotopic (exact) mass is 510 g/mol. The molecule has 6 atom stereocenters. The second-order valence-corrected chi connectivity index (χ2v) is 13.2. The summed E-state index contributed by atoms with van der Waals surface area (Å²) >= 11 is 1.54. The van der Waals surface area contributed by atoms with Gasteiger partial charge in [0.05, 0.1) is 0 Å². The molecule has 36 heavy (non-hydrogen) atoms. The van der Waals surface area contributed by atoms with Gasteiger partial charge in [-0.1, -0.05) is 13.0 Å². The molecule has 0 saturated heterocycles. The zero-order valence-corrected chi connectivity index (χ0v) is 23.0. The molecule has 6 unspecified atom stereocenters. The summed E-state index contributed by atoms with van der Waals surface area (Å²) in [5.74, 6) is 2.86. The van der Waals surface area contributed by atoms with E-state index < -0.39 is 0 Å². The van der Waals surface area contributed by atoms with Gasteiger partial charge in [0.15, 0.2) is 5.13 Å². The first-order chi connectivity index (χ1) is 17.2. The van der Waals surface area contributed by atoms with Crippen LogP contribution in [0.2, 0.25) is 0 Å². The summed E-state index contributed by atoms with van der Waals surface area (Å²) in [5, 5.41) is 17.7. The van der Waals surface area contributed by atoms with Crippen molar-refractivity contribution in [1.29, 1.82) is 0 Å². The summed E-state index contributed by atoms with van der Waals surface area (Å²) in [5.41, 5.74) is 3.06. The highest BCUT2D eigenvalue weighted by Gasteiger charge is 2.58. The van der Waals surface area contributed by atoms with Gasteiger partial charge in [-0.25, -0.2) is 4.98 Å². The molecular weight excluding hydrogens is 468 g/mol. The number of anilines is 1. The molecule has 2 aromatic rings. The molecule has 196 valence electrons. The first-order valence-electron chi connectivity index (χ1n) is 13.7. The minimum atomic E-state index is 0.0897. The predicted molar refractivity (Wildman–Crippen MR) is 147 cm³/mol. The van der Waals surface area contributed by atoms with Gasteiger partial charge in [-0.15, -0.1) is 11.3 Å². The molecule has 0 spiro atoms. The highest BCUT2D eigenvalue weighted by Crippen LogP contribution is 2.63. The van der Waals surface area contributed by atoms with Crippen LogP contribution in [0.4, 0.5) is 5.13 Å². The standard InChI is InChI=1S/C29H42N4O2S/c1-18-17-31-28(36-18)32-26(35)10-6-20-16-25(30-13-14-33(3)4)29(2)12-11-23-22-9-7-21(34)15-19(22)5-8-24(23)27(20)29/h7,9,15,17,20,23-25,27,30,34H,5-6,8,10-14,16H2,1-4H3,(H,31,32,35). The van der Waals surface area contributed by atoms with Gasteiger partial charge in [0, 0.05) is 36.6 Å². The number of likely N-dealkylation sites (N-methyl/N-ethyl adjacent to an activating group) is 1. The third-order valence-electron chi connectivity index (χ3n) is 9.41. The van der Waals surface area contributed by atoms with Crippen LogP contribution in [0.5, 0.6) is 5.75 Å². The molecule has 3 aliphatic rings. The number of nitrogens with one attached hydrogen (secondary N) is 2. The van der Waals surface area contributed by atoms with E-state index >= 15 is 0 Å². The maximum absolute atomic E-state index is 12.8. The minimum Gasteiger partial charge on any atom is -0.508 e. The summed E-state index contributed by atoms with van der Waals surface area (Å²) in [4.78, 5) is 20.5. The van der Waals surface area contributed by atoms with E-state index in [1.165, 1.54) is 41.7 Å². The lowest BCUT2D eigenvalue weighted by Crippen LogP contribution is -2.50. The number of rotatable bonds is 8. The Balaban J connectivity index is 1.34. The summed E-state index contributed by atoms with van der Waals surface area (Å²) in [6.07, 6.45) is 9.15. The normalized spacial score (nSPS) is 31.1. The van der Waals surface area contributed by atoms with E-state index in [0.717, 1.165) is 37.2 Å². The fourth-order valence-electron chi connectivity index (χ4n) is 7.85. The van der Waals surface area contributed by atoms with E-state index in [4.69, 9.17) is 0 Å². The van der Waals surface area contributed by atoms with Gasteiger partial charge in [-0.2, -0.15) is 0 Å². The van der Waals surface area contributed by atoms with Crippen molar-refractivity contribution < 1.29 is 9.90 Å². The van der Waals surface area contributed by atoms with Crippen LogP contribution in [0.25, 0.3) is 0 Å². The Morgan fingerprint density at radius 2 is 2.14 bits per heavy atom. The van der Waals surface area contributed by atoms with Crippen LogP contribution in [0, 0.1) is 30.1 Å². The van der Waals surface area contributed by atoms with Crippen molar-refractivity contribution in [3.05, 3.63) is 40.4 Å². The molecule has 3 aliphatic carbocycles. The number of aromatic nitrogens is 1. The Labute approximate surface area is 219 Å². The van der Waals surface area contributed by atoms with Crippen molar-refractivity contribution in [2.75, 3.05) is 32.5 Å². The largest absolute Gasteiger partial charge is 0.508 e. The number of carbonyl (C=O) groups is 1. The number of hydrogen-bond donors (Lipinski definition) is 3. The average Bonchev–Trinajstić information content (AvgIpc) is 3.36. The molecule has 5 rings (SSSR count). The Kier molecular flexibility index (Phi) is 7.44. The minimum absolute atomic E-state index is 0.0897. The molecule has 2 saturated carbocycles. The van der Waals surface area contributed by atoms with Crippen LogP contribution in [0.1, 0.15) is 67.4 Å². The highest BCUT2D eigenvalue weighted by molar-refractivity contribution is 7.15. The Morgan fingerprint density at radius 3 is 2.89 bits per heavy atom. The molecule has 3 N–H and O–H groups in total. The lowest BCUT2D eigenvalue weighted by atomic mass is 9.53. The van der Waals surface area contributed by atoms with Gasteiger partial charge >= 0.3 is 0 Å². The van der Waals surface area contributed by atoms with Gasteiger partial charge in [0.25, 0.3) is 0 Å². The predicted octanol–water partition coefficient (Wildman–Crippen LogP) is 5.18. The number of phenols is 1. The number of aromatic hydroxyl groups is 1. The fraction of sp³-hybridized carbons (Fsp3) is 0.655. The molecule has 7 heteroatoms. The molecule has 6 nitrogen and oxygen atoms in total. The van der Waals surface area contributed by atoms with Crippen LogP contribution in [0.15, 0.2) is 24.4 Å². The third-order valence-corrected chi connectivity index (χ3v) is 10.2. The fourth-order valence-corrected chi connectivity index (χ4v) is 8.53. The molecule has 1 amide bonds. The van der Waals surface area contributed by atoms with E-state index in [2.05, 4.69) is 47.6 Å². The van der Waals surface area contributed by atoms with Crippen LogP contribution in [-0.2, 0) is 11.2 Å². The lowest BCUT2D eigenvalue weighted by molar-refractivity contribution is -0.116. The molecule has 1 aromatic carbocycles. The molecular formula is C29H42N4O2S. The number of phenolic OH excluding ortho intramolecular Hbond substituents is 1. The zero-order valence-electron chi connectivity index (χ0n) is 22.2. The maximum atomic E-state index is 12.8. The molecule has 1 aromatic heterocycles. The van der Waals surface area contributed by atoms with Crippen molar-refractivity contribution in [1.82, 2.24) is 15.2 Å². The summed E-state index contributed by atoms with van der Waals surface area (Å²) in [6, 6.07) is 6.54. The van der Waals surface area contributed by atoms with Crippen molar-refractivity contribution in [2.45, 2.75) is 70.8 Å². The number of hydrogen-bond acceptors (Lipinski definition) is 6. The zero-order chi connectivity index (χ0) is 25.4. The number of thiazole rings is 1. The first kappa shape index (κ1) is 25.7. The number of nitrogens with zero attached hydrogens (tertiary/aromatic N) is 2. The molecule has 2 fully saturated rings. The highest BCUT2D eigenvalue weighted by atomic mass is 32.1. The second-order valence-electron chi connectivity index (χ2n) is 11.9. The van der Waals surface area contributed by atoms with Crippen molar-refractivity contribution in [3.8, 4) is 5.75 Å². The van der Waals surface area contributed by atoms with Crippen LogP contribution >= 0.6 is 11.3 Å². The molecule has 1 heterocycles. The van der Waals surface area contributed by atoms with E-state index in [0.29, 0.717) is 47.0 Å². The van der Waals surface area contributed by atoms with Crippen molar-refractivity contribution in [3.63, 3.8) is 0 Å². The molecule has 0 bridgehead atoms. The number of aryl methyl sites for hydroxylation is 2. The summed E-state index contributed by atoms with van der Waals surface area (Å²) < 4.78 is 0. The number of carbonyl (C=O) groups excluding carboxylic acids is 1. The first-order valence-corrected chi connectivity index (χ1v) is 14.5. The Morgan fingerprint density at radius 1 is 1.31 bits per heavy atom. The van der Waals surface area contributed by atoms with E-state index in [1.54, 1.807) is 0 Å². The Bertz CT molecular complexity index is 1080. The van der Waals surface area contributed by atoms with Gasteiger partial charge in [-0.3, -0.25) is 4.79 Å². The number of fused-ring (bicyclic) bond motifs is 5. The summed E-state index contributed by atoms with van der Waals surface area (Å²) in [7, 11) is 4.27. The van der Waals surface area contributed by atoms with Gasteiger partial charge in [-0.05, 0) is 112 Å². The van der Waals surface area contributed by atoms with Gasteiger partial charge in [0.2, 0.25) is 5.91 Å². The Hall–Kier alpha value is -1.96. The second kappa shape index (κ2) is 10.4. The average molecular weight is 511 g/mol. The number of amides is 1. The van der Waals surface area contributed by atoms with Crippen LogP contribution in [-0.4, -0.2) is 54.1 Å². The molecule has 0 aliphatic heterocycles. The quantitative estimate of drug-likeness (QED) is 0.456. The third kappa shape index (κ3) is 5.07. The maximum Gasteiger partial charge on any atom is 0.226 e. The van der Waals surface area contributed by atoms with Crippen molar-refractivity contribution in [2.24, 2.45) is 23.2 Å². The van der Waals surface area contributed by atoms with Crippen LogP contribution < -0.4 is 10.6 Å². The smallest absolute Gasteiger partial charge is 0.226 e. The van der Waals surface area contributed by atoms with E-state index in [-0.39, 0.29) is 11.3 Å². The van der Waals surface area contributed by atoms with Crippen LogP contribution in [0.3, 0.4) is 0 Å². The van der Waals surface area contributed by atoms with E-state index in [1.807, 2.05) is 25.3 Å².